The van der Waals surface area contributed by atoms with Gasteiger partial charge in [0.25, 0.3) is 0 Å². The van der Waals surface area contributed by atoms with Crippen molar-refractivity contribution in [1.82, 2.24) is 0 Å². The van der Waals surface area contributed by atoms with Crippen LogP contribution in [-0.2, 0) is 0 Å². The van der Waals surface area contributed by atoms with Gasteiger partial charge < -0.3 is 18.9 Å². The lowest BCUT2D eigenvalue weighted by molar-refractivity contribution is 0.354. The van der Waals surface area contributed by atoms with Crippen molar-refractivity contribution in [3.05, 3.63) is 24.3 Å². The Hall–Kier alpha value is -2.06. The molecule has 2 aromatic carbocycles. The highest BCUT2D eigenvalue weighted by Gasteiger charge is 2.14. The van der Waals surface area contributed by atoms with E-state index < -0.39 is 0 Å². The Morgan fingerprint density at radius 3 is 1.45 bits per heavy atom. The number of thioether (sulfide) groups is 2. The quantitative estimate of drug-likeness (QED) is 0.320. The molecule has 0 radical (unpaired) electrons. The highest BCUT2D eigenvalue weighted by molar-refractivity contribution is 7.99. The second-order valence-corrected chi connectivity index (χ2v) is 8.38. The van der Waals surface area contributed by atoms with E-state index in [0.29, 0.717) is 23.0 Å². The summed E-state index contributed by atoms with van der Waals surface area (Å²) in [6, 6.07) is 7.86. The molecule has 0 aliphatic heterocycles. The third kappa shape index (κ3) is 5.96. The fourth-order valence-corrected chi connectivity index (χ4v) is 4.30. The zero-order valence-corrected chi connectivity index (χ0v) is 19.5. The van der Waals surface area contributed by atoms with Crippen LogP contribution in [0.5, 0.6) is 23.0 Å². The summed E-state index contributed by atoms with van der Waals surface area (Å²) in [6.07, 6.45) is 1.08. The number of ether oxygens (including phenoxy) is 4. The van der Waals surface area contributed by atoms with Gasteiger partial charge in [0, 0.05) is 21.9 Å². The first-order valence-electron chi connectivity index (χ1n) is 9.41. The number of anilines is 2. The summed E-state index contributed by atoms with van der Waals surface area (Å²) in [7, 11) is 6.56. The van der Waals surface area contributed by atoms with Gasteiger partial charge >= 0.3 is 0 Å². The number of hydrazine groups is 1. The minimum absolute atomic E-state index is 0.671. The van der Waals surface area contributed by atoms with Crippen LogP contribution in [0.1, 0.15) is 20.3 Å². The minimum atomic E-state index is 0.671. The molecule has 0 bridgehead atoms. The Bertz CT molecular complexity index is 803. The molecule has 29 heavy (non-hydrogen) atoms. The molecule has 0 aliphatic carbocycles. The van der Waals surface area contributed by atoms with Crippen molar-refractivity contribution in [1.29, 1.82) is 0 Å². The van der Waals surface area contributed by atoms with Crippen LogP contribution in [0.2, 0.25) is 0 Å². The molecule has 2 rings (SSSR count). The van der Waals surface area contributed by atoms with Gasteiger partial charge in [-0.05, 0) is 30.1 Å². The first-order chi connectivity index (χ1) is 14.1. The number of nitrogens with one attached hydrogen (secondary N) is 2. The van der Waals surface area contributed by atoms with Gasteiger partial charge in [0.05, 0.1) is 39.8 Å². The predicted octanol–water partition coefficient (Wildman–Crippen LogP) is 5.77. The average molecular weight is 439 g/mol. The summed E-state index contributed by atoms with van der Waals surface area (Å²) < 4.78 is 21.8. The van der Waals surface area contributed by atoms with Crippen LogP contribution in [0.15, 0.2) is 34.1 Å². The molecule has 0 aromatic heterocycles. The van der Waals surface area contributed by atoms with Crippen LogP contribution in [-0.4, -0.2) is 39.9 Å². The van der Waals surface area contributed by atoms with Crippen LogP contribution in [0.3, 0.4) is 0 Å². The summed E-state index contributed by atoms with van der Waals surface area (Å²) in [5.74, 6) is 4.72. The fourth-order valence-electron chi connectivity index (χ4n) is 2.66. The third-order valence-electron chi connectivity index (χ3n) is 4.06. The molecule has 6 nitrogen and oxygen atoms in total. The predicted molar refractivity (Wildman–Crippen MR) is 124 cm³/mol. The van der Waals surface area contributed by atoms with Gasteiger partial charge in [-0.2, -0.15) is 0 Å². The largest absolute Gasteiger partial charge is 0.493 e. The van der Waals surface area contributed by atoms with E-state index in [9.17, 15) is 0 Å². The van der Waals surface area contributed by atoms with Crippen molar-refractivity contribution in [3.8, 4) is 23.0 Å². The first-order valence-corrected chi connectivity index (χ1v) is 11.4. The van der Waals surface area contributed by atoms with Crippen molar-refractivity contribution < 1.29 is 18.9 Å². The van der Waals surface area contributed by atoms with E-state index in [1.165, 1.54) is 0 Å². The van der Waals surface area contributed by atoms with Crippen LogP contribution >= 0.6 is 23.5 Å². The molecular weight excluding hydrogens is 408 g/mol. The summed E-state index contributed by atoms with van der Waals surface area (Å²) >= 11 is 3.50. The molecule has 0 atom stereocenters. The molecule has 160 valence electrons. The maximum Gasteiger partial charge on any atom is 0.162 e. The zero-order valence-electron chi connectivity index (χ0n) is 17.9. The molecule has 0 heterocycles. The van der Waals surface area contributed by atoms with Crippen molar-refractivity contribution in [3.63, 3.8) is 0 Å². The standard InChI is InChI=1S/C21H30N2O4S2/c1-7-9-29-21-13-19(27-6)17(25-4)11-15(21)23-22-14-10-16(24-3)18(26-5)12-20(14)28-8-2/h10-13,22-23H,7-9H2,1-6H3. The van der Waals surface area contributed by atoms with E-state index in [2.05, 4.69) is 24.7 Å². The Balaban J connectivity index is 2.36. The number of benzene rings is 2. The van der Waals surface area contributed by atoms with Crippen molar-refractivity contribution in [2.24, 2.45) is 0 Å². The van der Waals surface area contributed by atoms with Gasteiger partial charge in [-0.15, -0.1) is 23.5 Å². The second-order valence-electron chi connectivity index (χ2n) is 5.94. The van der Waals surface area contributed by atoms with E-state index in [1.54, 1.807) is 52.0 Å². The van der Waals surface area contributed by atoms with Crippen LogP contribution in [0, 0.1) is 0 Å². The van der Waals surface area contributed by atoms with Crippen molar-refractivity contribution >= 4 is 34.9 Å². The molecule has 0 saturated carbocycles. The molecule has 0 spiro atoms. The molecule has 2 aromatic rings. The number of rotatable bonds is 12. The van der Waals surface area contributed by atoms with Gasteiger partial charge in [-0.3, -0.25) is 10.9 Å². The number of methoxy groups -OCH3 is 4. The minimum Gasteiger partial charge on any atom is -0.493 e. The van der Waals surface area contributed by atoms with Crippen LogP contribution in [0.4, 0.5) is 11.4 Å². The van der Waals surface area contributed by atoms with E-state index in [1.807, 2.05) is 24.3 Å². The SMILES string of the molecule is CCCSc1cc(OC)c(OC)cc1NNc1cc(OC)c(OC)cc1SCC. The molecule has 8 heteroatoms. The summed E-state index contributed by atoms with van der Waals surface area (Å²) in [6.45, 7) is 4.28. The highest BCUT2D eigenvalue weighted by atomic mass is 32.2. The van der Waals surface area contributed by atoms with E-state index >= 15 is 0 Å². The summed E-state index contributed by atoms with van der Waals surface area (Å²) in [4.78, 5) is 2.16. The number of hydrogen-bond acceptors (Lipinski definition) is 8. The molecule has 0 saturated heterocycles. The van der Waals surface area contributed by atoms with Gasteiger partial charge in [0.1, 0.15) is 0 Å². The third-order valence-corrected chi connectivity index (χ3v) is 6.26. The summed E-state index contributed by atoms with van der Waals surface area (Å²) in [5, 5.41) is 0. The summed E-state index contributed by atoms with van der Waals surface area (Å²) in [5.41, 5.74) is 8.50. The monoisotopic (exact) mass is 438 g/mol. The van der Waals surface area contributed by atoms with Crippen molar-refractivity contribution in [2.75, 3.05) is 50.8 Å². The second kappa shape index (κ2) is 11.8. The van der Waals surface area contributed by atoms with Crippen molar-refractivity contribution in [2.45, 2.75) is 30.1 Å². The van der Waals surface area contributed by atoms with E-state index in [4.69, 9.17) is 18.9 Å². The smallest absolute Gasteiger partial charge is 0.162 e. The number of hydrogen-bond donors (Lipinski definition) is 2. The molecule has 0 aliphatic rings. The van der Waals surface area contributed by atoms with Gasteiger partial charge in [-0.1, -0.05) is 13.8 Å². The zero-order chi connectivity index (χ0) is 21.2. The lowest BCUT2D eigenvalue weighted by atomic mass is 10.2. The Morgan fingerprint density at radius 1 is 0.655 bits per heavy atom. The van der Waals surface area contributed by atoms with Gasteiger partial charge in [0.15, 0.2) is 23.0 Å². The van der Waals surface area contributed by atoms with Crippen LogP contribution in [0.25, 0.3) is 0 Å². The maximum absolute atomic E-state index is 5.47. The Morgan fingerprint density at radius 2 is 1.07 bits per heavy atom. The molecule has 0 unspecified atom stereocenters. The molecule has 0 fully saturated rings. The van der Waals surface area contributed by atoms with E-state index in [0.717, 1.165) is 39.1 Å². The lowest BCUT2D eigenvalue weighted by Gasteiger charge is -2.19. The van der Waals surface area contributed by atoms with Gasteiger partial charge in [-0.25, -0.2) is 0 Å². The van der Waals surface area contributed by atoms with Crippen LogP contribution < -0.4 is 29.8 Å². The molecular formula is C21H30N2O4S2. The molecule has 0 amide bonds. The lowest BCUT2D eigenvalue weighted by Crippen LogP contribution is -2.11. The topological polar surface area (TPSA) is 61.0 Å². The average Bonchev–Trinajstić information content (AvgIpc) is 2.76. The first kappa shape index (κ1) is 23.2. The normalized spacial score (nSPS) is 10.4. The Labute approximate surface area is 182 Å². The fraction of sp³-hybridized carbons (Fsp3) is 0.429. The molecule has 2 N–H and O–H groups in total. The maximum atomic E-state index is 5.47. The van der Waals surface area contributed by atoms with Gasteiger partial charge in [0.2, 0.25) is 0 Å². The highest BCUT2D eigenvalue weighted by Crippen LogP contribution is 2.41. The van der Waals surface area contributed by atoms with E-state index in [-0.39, 0.29) is 0 Å². The Kier molecular flexibility index (Phi) is 9.47.